The van der Waals surface area contributed by atoms with Gasteiger partial charge in [-0.1, -0.05) is 0 Å². The third-order valence-electron chi connectivity index (χ3n) is 5.22. The lowest BCUT2D eigenvalue weighted by molar-refractivity contribution is -0.131. The number of hydrogen-bond acceptors (Lipinski definition) is 5. The summed E-state index contributed by atoms with van der Waals surface area (Å²) in [6, 6.07) is 0.169. The first-order chi connectivity index (χ1) is 12.2. The van der Waals surface area contributed by atoms with Gasteiger partial charge in [0.2, 0.25) is 5.91 Å². The van der Waals surface area contributed by atoms with Gasteiger partial charge in [-0.2, -0.15) is 0 Å². The number of carbonyl (C=O) groups excluding carboxylic acids is 1. The van der Waals surface area contributed by atoms with E-state index in [2.05, 4.69) is 14.9 Å². The van der Waals surface area contributed by atoms with Crippen molar-refractivity contribution in [3.63, 3.8) is 0 Å². The lowest BCUT2D eigenvalue weighted by Gasteiger charge is -2.26. The highest BCUT2D eigenvalue weighted by atomic mass is 16.2. The van der Waals surface area contributed by atoms with Gasteiger partial charge in [0.05, 0.1) is 30.7 Å². The first-order valence-corrected chi connectivity index (χ1v) is 9.06. The van der Waals surface area contributed by atoms with Crippen LogP contribution in [-0.4, -0.2) is 61.4 Å². The van der Waals surface area contributed by atoms with Crippen molar-refractivity contribution in [2.45, 2.75) is 38.6 Å². The molecule has 2 aliphatic heterocycles. The van der Waals surface area contributed by atoms with E-state index in [0.717, 1.165) is 62.7 Å². The Hall–Kier alpha value is -2.28. The minimum Gasteiger partial charge on any atom is -0.342 e. The highest BCUT2D eigenvalue weighted by Gasteiger charge is 2.31. The molecule has 2 aromatic heterocycles. The molecule has 0 aliphatic carbocycles. The molecule has 0 N–H and O–H groups in total. The smallest absolute Gasteiger partial charge is 0.236 e. The molecule has 4 rings (SSSR count). The molecule has 2 aromatic rings. The van der Waals surface area contributed by atoms with E-state index in [9.17, 15) is 4.79 Å². The van der Waals surface area contributed by atoms with Crippen LogP contribution in [0.25, 0.3) is 5.82 Å². The van der Waals surface area contributed by atoms with Crippen LogP contribution in [0, 0.1) is 6.92 Å². The lowest BCUT2D eigenvalue weighted by Crippen LogP contribution is -2.38. The third-order valence-corrected chi connectivity index (χ3v) is 5.22. The summed E-state index contributed by atoms with van der Waals surface area (Å²) < 4.78 is 1.94. The van der Waals surface area contributed by atoms with Crippen LogP contribution in [-0.2, 0) is 4.79 Å². The molecule has 1 unspecified atom stereocenters. The normalized spacial score (nSPS) is 21.2. The minimum absolute atomic E-state index is 0.169. The molecule has 7 nitrogen and oxygen atoms in total. The van der Waals surface area contributed by atoms with Crippen LogP contribution in [0.2, 0.25) is 0 Å². The van der Waals surface area contributed by atoms with E-state index < -0.39 is 0 Å². The third kappa shape index (κ3) is 3.28. The molecule has 2 fully saturated rings. The summed E-state index contributed by atoms with van der Waals surface area (Å²) in [5.74, 6) is 1.92. The number of aryl methyl sites for hydroxylation is 1. The Morgan fingerprint density at radius 1 is 1.20 bits per heavy atom. The zero-order valence-electron chi connectivity index (χ0n) is 14.6. The van der Waals surface area contributed by atoms with Crippen molar-refractivity contribution in [3.05, 3.63) is 36.3 Å². The predicted octanol–water partition coefficient (Wildman–Crippen LogP) is 1.73. The van der Waals surface area contributed by atoms with Gasteiger partial charge in [-0.15, -0.1) is 0 Å². The van der Waals surface area contributed by atoms with Crippen molar-refractivity contribution in [2.75, 3.05) is 26.2 Å². The van der Waals surface area contributed by atoms with Gasteiger partial charge in [-0.3, -0.25) is 19.2 Å². The molecule has 0 radical (unpaired) electrons. The molecule has 4 heterocycles. The van der Waals surface area contributed by atoms with Crippen LogP contribution in [0.3, 0.4) is 0 Å². The fourth-order valence-electron chi connectivity index (χ4n) is 3.86. The van der Waals surface area contributed by atoms with Gasteiger partial charge < -0.3 is 4.90 Å². The first-order valence-electron chi connectivity index (χ1n) is 9.06. The SMILES string of the molecule is Cc1nccn1-c1cncc(C2CCCN2CC(=O)N2CCCC2)n1. The molecule has 0 saturated carbocycles. The fraction of sp³-hybridized carbons (Fsp3) is 0.556. The number of nitrogens with zero attached hydrogens (tertiary/aromatic N) is 6. The van der Waals surface area contributed by atoms with Gasteiger partial charge in [0, 0.05) is 25.5 Å². The average molecular weight is 340 g/mol. The number of hydrogen-bond donors (Lipinski definition) is 0. The summed E-state index contributed by atoms with van der Waals surface area (Å²) in [6.45, 7) is 5.20. The number of likely N-dealkylation sites (tertiary alicyclic amines) is 2. The zero-order chi connectivity index (χ0) is 17.2. The lowest BCUT2D eigenvalue weighted by atomic mass is 10.1. The second-order valence-corrected chi connectivity index (χ2v) is 6.86. The van der Waals surface area contributed by atoms with E-state index in [1.807, 2.05) is 28.8 Å². The Kier molecular flexibility index (Phi) is 4.48. The summed E-state index contributed by atoms with van der Waals surface area (Å²) in [5, 5.41) is 0. The van der Waals surface area contributed by atoms with Crippen molar-refractivity contribution < 1.29 is 4.79 Å². The van der Waals surface area contributed by atoms with Crippen LogP contribution in [0.15, 0.2) is 24.8 Å². The molecular formula is C18H24N6O. The Morgan fingerprint density at radius 2 is 2.04 bits per heavy atom. The van der Waals surface area contributed by atoms with E-state index in [4.69, 9.17) is 4.98 Å². The van der Waals surface area contributed by atoms with Gasteiger partial charge in [0.15, 0.2) is 5.82 Å². The minimum atomic E-state index is 0.169. The maximum absolute atomic E-state index is 12.5. The van der Waals surface area contributed by atoms with Crippen molar-refractivity contribution >= 4 is 5.91 Å². The Labute approximate surface area is 147 Å². The van der Waals surface area contributed by atoms with Crippen LogP contribution >= 0.6 is 0 Å². The molecule has 0 bridgehead atoms. The summed E-state index contributed by atoms with van der Waals surface area (Å²) in [5.41, 5.74) is 0.942. The van der Waals surface area contributed by atoms with Gasteiger partial charge in [0.1, 0.15) is 5.82 Å². The monoisotopic (exact) mass is 340 g/mol. The van der Waals surface area contributed by atoms with Crippen LogP contribution in [0.1, 0.15) is 43.2 Å². The molecule has 25 heavy (non-hydrogen) atoms. The van der Waals surface area contributed by atoms with Crippen molar-refractivity contribution in [1.82, 2.24) is 29.3 Å². The summed E-state index contributed by atoms with van der Waals surface area (Å²) in [4.78, 5) is 30.2. The molecule has 2 saturated heterocycles. The van der Waals surface area contributed by atoms with E-state index >= 15 is 0 Å². The zero-order valence-corrected chi connectivity index (χ0v) is 14.6. The van der Waals surface area contributed by atoms with Crippen LogP contribution in [0.5, 0.6) is 0 Å². The molecular weight excluding hydrogens is 316 g/mol. The van der Waals surface area contributed by atoms with E-state index in [1.165, 1.54) is 0 Å². The summed E-state index contributed by atoms with van der Waals surface area (Å²) in [7, 11) is 0. The summed E-state index contributed by atoms with van der Waals surface area (Å²) >= 11 is 0. The number of aromatic nitrogens is 4. The molecule has 1 atom stereocenters. The van der Waals surface area contributed by atoms with Gasteiger partial charge in [-0.05, 0) is 39.2 Å². The fourth-order valence-corrected chi connectivity index (χ4v) is 3.86. The van der Waals surface area contributed by atoms with Crippen molar-refractivity contribution in [1.29, 1.82) is 0 Å². The number of rotatable bonds is 4. The van der Waals surface area contributed by atoms with Crippen molar-refractivity contribution in [3.8, 4) is 5.82 Å². The van der Waals surface area contributed by atoms with Crippen LogP contribution in [0.4, 0.5) is 0 Å². The number of imidazole rings is 1. The quantitative estimate of drug-likeness (QED) is 0.848. The topological polar surface area (TPSA) is 67.2 Å². The van der Waals surface area contributed by atoms with Crippen molar-refractivity contribution in [2.24, 2.45) is 0 Å². The highest BCUT2D eigenvalue weighted by Crippen LogP contribution is 2.30. The molecule has 1 amide bonds. The largest absolute Gasteiger partial charge is 0.342 e. The molecule has 0 aromatic carbocycles. The van der Waals surface area contributed by atoms with Gasteiger partial charge in [-0.25, -0.2) is 9.97 Å². The molecule has 7 heteroatoms. The maximum atomic E-state index is 12.5. The van der Waals surface area contributed by atoms with E-state index in [-0.39, 0.29) is 11.9 Å². The van der Waals surface area contributed by atoms with E-state index in [0.29, 0.717) is 6.54 Å². The number of amides is 1. The highest BCUT2D eigenvalue weighted by molar-refractivity contribution is 5.78. The van der Waals surface area contributed by atoms with E-state index in [1.54, 1.807) is 12.4 Å². The Balaban J connectivity index is 1.52. The summed E-state index contributed by atoms with van der Waals surface area (Å²) in [6.07, 6.45) is 11.6. The number of carbonyl (C=O) groups is 1. The molecule has 132 valence electrons. The molecule has 2 aliphatic rings. The standard InChI is InChI=1S/C18H24N6O/c1-14-20-6-10-24(14)17-12-19-11-15(21-17)16-5-4-9-23(16)13-18(25)22-7-2-3-8-22/h6,10-12,16H,2-5,7-9,13H2,1H3. The Bertz CT molecular complexity index is 752. The van der Waals surface area contributed by atoms with Gasteiger partial charge in [0.25, 0.3) is 0 Å². The second-order valence-electron chi connectivity index (χ2n) is 6.86. The Morgan fingerprint density at radius 3 is 2.80 bits per heavy atom. The first kappa shape index (κ1) is 16.2. The predicted molar refractivity (Wildman–Crippen MR) is 93.3 cm³/mol. The van der Waals surface area contributed by atoms with Crippen LogP contribution < -0.4 is 0 Å². The van der Waals surface area contributed by atoms with Gasteiger partial charge >= 0.3 is 0 Å². The molecule has 0 spiro atoms. The average Bonchev–Trinajstić information content (AvgIpc) is 3.36. The second kappa shape index (κ2) is 6.92. The maximum Gasteiger partial charge on any atom is 0.236 e.